The molecule has 3 N–H and O–H groups in total. The summed E-state index contributed by atoms with van der Waals surface area (Å²) in [5, 5.41) is 2.81. The van der Waals surface area contributed by atoms with E-state index in [1.165, 1.54) is 11.3 Å². The molecule has 0 saturated heterocycles. The number of carbonyl (C=O) groups is 3. The van der Waals surface area contributed by atoms with Crippen LogP contribution in [0, 0.1) is 0 Å². The van der Waals surface area contributed by atoms with Gasteiger partial charge in [0.05, 0.1) is 5.56 Å². The number of rotatable bonds is 3. The van der Waals surface area contributed by atoms with Crippen molar-refractivity contribution in [3.63, 3.8) is 0 Å². The van der Waals surface area contributed by atoms with Crippen LogP contribution in [0.5, 0.6) is 0 Å². The van der Waals surface area contributed by atoms with Gasteiger partial charge < -0.3 is 11.1 Å². The monoisotopic (exact) mass is 252 g/mol. The van der Waals surface area contributed by atoms with Crippen molar-refractivity contribution in [2.45, 2.75) is 25.7 Å². The van der Waals surface area contributed by atoms with E-state index in [4.69, 9.17) is 5.73 Å². The van der Waals surface area contributed by atoms with Gasteiger partial charge in [-0.25, -0.2) is 0 Å². The Labute approximate surface area is 102 Å². The second-order valence-electron chi connectivity index (χ2n) is 3.89. The van der Waals surface area contributed by atoms with Gasteiger partial charge >= 0.3 is 0 Å². The van der Waals surface area contributed by atoms with Gasteiger partial charge in [-0.15, -0.1) is 11.3 Å². The third kappa shape index (κ3) is 2.21. The molecule has 6 heteroatoms. The quantitative estimate of drug-likeness (QED) is 0.617. The molecule has 0 fully saturated rings. The molecule has 0 atom stereocenters. The van der Waals surface area contributed by atoms with E-state index in [1.807, 2.05) is 0 Å². The van der Waals surface area contributed by atoms with E-state index in [9.17, 15) is 14.4 Å². The van der Waals surface area contributed by atoms with Gasteiger partial charge in [-0.2, -0.15) is 0 Å². The van der Waals surface area contributed by atoms with Crippen molar-refractivity contribution >= 4 is 34.4 Å². The fraction of sp³-hybridized carbons (Fsp3) is 0.364. The highest BCUT2D eigenvalue weighted by atomic mass is 32.1. The van der Waals surface area contributed by atoms with Crippen LogP contribution in [0.3, 0.4) is 0 Å². The molecule has 1 aromatic heterocycles. The summed E-state index contributed by atoms with van der Waals surface area (Å²) in [6.07, 6.45) is 3.99. The van der Waals surface area contributed by atoms with E-state index in [0.717, 1.165) is 36.1 Å². The smallest absolute Gasteiger partial charge is 0.289 e. The topological polar surface area (TPSA) is 89.3 Å². The highest BCUT2D eigenvalue weighted by molar-refractivity contribution is 7.17. The predicted molar refractivity (Wildman–Crippen MR) is 64.2 cm³/mol. The summed E-state index contributed by atoms with van der Waals surface area (Å²) < 4.78 is 0. The summed E-state index contributed by atoms with van der Waals surface area (Å²) in [6, 6.07) is 0. The van der Waals surface area contributed by atoms with Crippen molar-refractivity contribution in [1.82, 2.24) is 0 Å². The lowest BCUT2D eigenvalue weighted by atomic mass is 9.95. The van der Waals surface area contributed by atoms with Crippen LogP contribution in [-0.4, -0.2) is 18.1 Å². The average Bonchev–Trinajstić information content (AvgIpc) is 2.66. The Morgan fingerprint density at radius 3 is 2.65 bits per heavy atom. The molecule has 2 amide bonds. The Hall–Kier alpha value is -1.69. The van der Waals surface area contributed by atoms with Gasteiger partial charge in [-0.3, -0.25) is 14.4 Å². The molecule has 0 spiro atoms. The summed E-state index contributed by atoms with van der Waals surface area (Å²) in [5.74, 6) is -1.31. The van der Waals surface area contributed by atoms with Crippen molar-refractivity contribution in [3.8, 4) is 0 Å². The van der Waals surface area contributed by atoms with Crippen LogP contribution in [0.1, 0.15) is 33.6 Å². The molecule has 1 aliphatic rings. The second kappa shape index (κ2) is 4.67. The molecule has 0 bridgehead atoms. The fourth-order valence-electron chi connectivity index (χ4n) is 2.06. The summed E-state index contributed by atoms with van der Waals surface area (Å²) in [6.45, 7) is 0. The number of hydrogen-bond donors (Lipinski definition) is 2. The van der Waals surface area contributed by atoms with Crippen molar-refractivity contribution < 1.29 is 14.4 Å². The molecule has 0 radical (unpaired) electrons. The van der Waals surface area contributed by atoms with E-state index < -0.39 is 11.8 Å². The molecular weight excluding hydrogens is 240 g/mol. The SMILES string of the molecule is NC(=O)c1c(NC(=O)C=O)sc2c1CCCC2. The summed E-state index contributed by atoms with van der Waals surface area (Å²) >= 11 is 1.34. The molecule has 0 saturated carbocycles. The van der Waals surface area contributed by atoms with Crippen LogP contribution >= 0.6 is 11.3 Å². The van der Waals surface area contributed by atoms with E-state index >= 15 is 0 Å². The number of aldehydes is 1. The van der Waals surface area contributed by atoms with Crippen LogP contribution in [0.15, 0.2) is 0 Å². The number of carbonyl (C=O) groups excluding carboxylic acids is 3. The fourth-order valence-corrected chi connectivity index (χ4v) is 3.35. The summed E-state index contributed by atoms with van der Waals surface area (Å²) in [7, 11) is 0. The molecule has 0 aliphatic heterocycles. The Kier molecular flexibility index (Phi) is 3.23. The number of anilines is 1. The molecular formula is C11H12N2O3S. The normalized spacial score (nSPS) is 13.9. The number of aryl methyl sites for hydroxylation is 1. The molecule has 0 aromatic carbocycles. The first-order valence-electron chi connectivity index (χ1n) is 5.34. The summed E-state index contributed by atoms with van der Waals surface area (Å²) in [4.78, 5) is 33.9. The molecule has 1 aromatic rings. The van der Waals surface area contributed by atoms with Crippen molar-refractivity contribution in [2.24, 2.45) is 5.73 Å². The van der Waals surface area contributed by atoms with Gasteiger partial charge in [0.2, 0.25) is 6.29 Å². The minimum Gasteiger partial charge on any atom is -0.365 e. The van der Waals surface area contributed by atoms with E-state index in [2.05, 4.69) is 5.32 Å². The zero-order valence-corrected chi connectivity index (χ0v) is 9.93. The zero-order chi connectivity index (χ0) is 12.4. The number of nitrogens with two attached hydrogens (primary N) is 1. The Balaban J connectivity index is 2.43. The first-order valence-corrected chi connectivity index (χ1v) is 6.15. The minimum atomic E-state index is -0.758. The maximum absolute atomic E-state index is 11.4. The highest BCUT2D eigenvalue weighted by Crippen LogP contribution is 2.37. The summed E-state index contributed by atoms with van der Waals surface area (Å²) in [5.41, 5.74) is 6.64. The van der Waals surface area contributed by atoms with Gasteiger partial charge in [-0.1, -0.05) is 0 Å². The van der Waals surface area contributed by atoms with E-state index in [0.29, 0.717) is 10.6 Å². The maximum Gasteiger partial charge on any atom is 0.289 e. The molecule has 5 nitrogen and oxygen atoms in total. The number of fused-ring (bicyclic) bond motifs is 1. The van der Waals surface area contributed by atoms with Crippen LogP contribution in [0.2, 0.25) is 0 Å². The van der Waals surface area contributed by atoms with Gasteiger partial charge in [0.15, 0.2) is 0 Å². The molecule has 0 unspecified atom stereocenters. The van der Waals surface area contributed by atoms with Crippen LogP contribution in [0.4, 0.5) is 5.00 Å². The van der Waals surface area contributed by atoms with Gasteiger partial charge in [0.25, 0.3) is 11.8 Å². The van der Waals surface area contributed by atoms with E-state index in [-0.39, 0.29) is 6.29 Å². The van der Waals surface area contributed by atoms with Crippen LogP contribution < -0.4 is 11.1 Å². The average molecular weight is 252 g/mol. The molecule has 1 heterocycles. The Morgan fingerprint density at radius 2 is 2.00 bits per heavy atom. The highest BCUT2D eigenvalue weighted by Gasteiger charge is 2.24. The zero-order valence-electron chi connectivity index (χ0n) is 9.12. The van der Waals surface area contributed by atoms with Crippen LogP contribution in [-0.2, 0) is 22.4 Å². The maximum atomic E-state index is 11.4. The number of primary amides is 1. The first-order chi connectivity index (χ1) is 8.13. The number of nitrogens with one attached hydrogen (secondary N) is 1. The van der Waals surface area contributed by atoms with Crippen LogP contribution in [0.25, 0.3) is 0 Å². The predicted octanol–water partition coefficient (Wildman–Crippen LogP) is 0.863. The Morgan fingerprint density at radius 1 is 1.29 bits per heavy atom. The van der Waals surface area contributed by atoms with Crippen molar-refractivity contribution in [1.29, 1.82) is 0 Å². The number of hydrogen-bond acceptors (Lipinski definition) is 4. The first kappa shape index (κ1) is 11.8. The third-order valence-electron chi connectivity index (χ3n) is 2.76. The lowest BCUT2D eigenvalue weighted by Crippen LogP contribution is -2.18. The Bertz CT molecular complexity index is 493. The van der Waals surface area contributed by atoms with Gasteiger partial charge in [0, 0.05) is 4.88 Å². The standard InChI is InChI=1S/C11H12N2O3S/c12-10(16)9-6-3-1-2-4-7(6)17-11(9)13-8(15)5-14/h5H,1-4H2,(H2,12,16)(H,13,15). The van der Waals surface area contributed by atoms with Gasteiger partial charge in [-0.05, 0) is 31.2 Å². The van der Waals surface area contributed by atoms with Crippen molar-refractivity contribution in [2.75, 3.05) is 5.32 Å². The molecule has 90 valence electrons. The molecule has 2 rings (SSSR count). The minimum absolute atomic E-state index is 0.184. The second-order valence-corrected chi connectivity index (χ2v) is 4.99. The lowest BCUT2D eigenvalue weighted by Gasteiger charge is -2.11. The largest absolute Gasteiger partial charge is 0.365 e. The lowest BCUT2D eigenvalue weighted by molar-refractivity contribution is -0.127. The number of amides is 2. The van der Waals surface area contributed by atoms with Crippen molar-refractivity contribution in [3.05, 3.63) is 16.0 Å². The third-order valence-corrected chi connectivity index (χ3v) is 3.97. The number of thiophene rings is 1. The molecule has 17 heavy (non-hydrogen) atoms. The van der Waals surface area contributed by atoms with E-state index in [1.54, 1.807) is 0 Å². The van der Waals surface area contributed by atoms with Gasteiger partial charge in [0.1, 0.15) is 5.00 Å². The molecule has 1 aliphatic carbocycles.